The van der Waals surface area contributed by atoms with Crippen molar-refractivity contribution in [2.75, 3.05) is 21.3 Å². The van der Waals surface area contributed by atoms with E-state index in [2.05, 4.69) is 20.4 Å². The normalized spacial score (nSPS) is 19.0. The zero-order valence-corrected chi connectivity index (χ0v) is 14.5. The summed E-state index contributed by atoms with van der Waals surface area (Å²) in [4.78, 5) is 1.92. The van der Waals surface area contributed by atoms with Crippen LogP contribution in [0.25, 0.3) is 0 Å². The number of aryl methyl sites for hydroxylation is 1. The van der Waals surface area contributed by atoms with Crippen molar-refractivity contribution in [3.05, 3.63) is 47.9 Å². The van der Waals surface area contributed by atoms with Gasteiger partial charge in [0.15, 0.2) is 17.5 Å². The fourth-order valence-electron chi connectivity index (χ4n) is 1.90. The Morgan fingerprint density at radius 1 is 1.21 bits per heavy atom. The van der Waals surface area contributed by atoms with E-state index >= 15 is 0 Å². The van der Waals surface area contributed by atoms with Gasteiger partial charge in [0.25, 0.3) is 0 Å². The van der Waals surface area contributed by atoms with E-state index in [0.29, 0.717) is 17.1 Å². The van der Waals surface area contributed by atoms with Crippen molar-refractivity contribution in [2.45, 2.75) is 13.1 Å². The fourth-order valence-corrected chi connectivity index (χ4v) is 1.90. The molecule has 1 aliphatic rings. The highest BCUT2D eigenvalue weighted by molar-refractivity contribution is 5.79. The zero-order valence-electron chi connectivity index (χ0n) is 14.5. The number of methoxy groups -OCH3 is 2. The molecule has 0 saturated heterocycles. The summed E-state index contributed by atoms with van der Waals surface area (Å²) >= 11 is 0. The summed E-state index contributed by atoms with van der Waals surface area (Å²) in [7, 11) is 7.02. The van der Waals surface area contributed by atoms with Crippen molar-refractivity contribution in [1.82, 2.24) is 9.47 Å². The number of nitrogens with zero attached hydrogens (tertiary/aromatic N) is 6. The van der Waals surface area contributed by atoms with Gasteiger partial charge < -0.3 is 18.9 Å². The van der Waals surface area contributed by atoms with Crippen LogP contribution in [0.3, 0.4) is 0 Å². The number of hydrogen-bond donors (Lipinski definition) is 0. The summed E-state index contributed by atoms with van der Waals surface area (Å²) in [6, 6.07) is 3.64. The molecule has 128 valence electrons. The van der Waals surface area contributed by atoms with Gasteiger partial charge in [-0.15, -0.1) is 15.3 Å². The van der Waals surface area contributed by atoms with Gasteiger partial charge in [-0.05, 0) is 19.1 Å². The largest absolute Gasteiger partial charge is 0.497 e. The summed E-state index contributed by atoms with van der Waals surface area (Å²) in [5.41, 5.74) is 0.656. The van der Waals surface area contributed by atoms with Crippen LogP contribution in [0.4, 0.5) is 0 Å². The van der Waals surface area contributed by atoms with E-state index in [0.717, 1.165) is 5.76 Å². The van der Waals surface area contributed by atoms with E-state index in [9.17, 15) is 0 Å². The quantitative estimate of drug-likeness (QED) is 0.367. The molecule has 0 N–H and O–H groups in total. The van der Waals surface area contributed by atoms with Gasteiger partial charge in [-0.25, -0.2) is 0 Å². The van der Waals surface area contributed by atoms with Gasteiger partial charge in [0.2, 0.25) is 0 Å². The number of pyridine rings is 1. The zero-order chi connectivity index (χ0) is 17.5. The first-order valence-electron chi connectivity index (χ1n) is 7.39. The van der Waals surface area contributed by atoms with E-state index in [1.807, 2.05) is 54.2 Å². The van der Waals surface area contributed by atoms with Gasteiger partial charge >= 0.3 is 0 Å². The van der Waals surface area contributed by atoms with E-state index in [4.69, 9.17) is 9.47 Å². The molecule has 24 heavy (non-hydrogen) atoms. The van der Waals surface area contributed by atoms with Crippen LogP contribution in [0.5, 0.6) is 5.75 Å². The molecule has 8 heteroatoms. The van der Waals surface area contributed by atoms with Gasteiger partial charge in [0.05, 0.1) is 14.2 Å². The smallest absolute Gasteiger partial charge is 0.170 e. The van der Waals surface area contributed by atoms with E-state index < -0.39 is 0 Å². The molecule has 0 saturated carbocycles. The van der Waals surface area contributed by atoms with Crippen LogP contribution >= 0.6 is 0 Å². The van der Waals surface area contributed by atoms with Crippen LogP contribution in [0.1, 0.15) is 6.92 Å². The number of rotatable bonds is 4. The first-order valence-corrected chi connectivity index (χ1v) is 7.39. The molecule has 1 aromatic rings. The van der Waals surface area contributed by atoms with Crippen LogP contribution in [-0.2, 0) is 11.8 Å². The van der Waals surface area contributed by atoms with Crippen molar-refractivity contribution in [1.29, 1.82) is 0 Å². The van der Waals surface area contributed by atoms with E-state index in [-0.39, 0.29) is 6.17 Å². The van der Waals surface area contributed by atoms with Crippen molar-refractivity contribution >= 4 is 5.84 Å². The molecule has 1 aromatic heterocycles. The van der Waals surface area contributed by atoms with Crippen LogP contribution in [0, 0.1) is 0 Å². The average Bonchev–Trinajstić information content (AvgIpc) is 2.60. The Hall–Kier alpha value is -2.90. The van der Waals surface area contributed by atoms with Crippen molar-refractivity contribution in [2.24, 2.45) is 27.5 Å². The molecule has 0 aromatic carbocycles. The average molecular weight is 330 g/mol. The van der Waals surface area contributed by atoms with Gasteiger partial charge in [-0.2, -0.15) is 5.11 Å². The molecule has 0 radical (unpaired) electrons. The van der Waals surface area contributed by atoms with Crippen LogP contribution < -0.4 is 10.2 Å². The minimum Gasteiger partial charge on any atom is -0.497 e. The lowest BCUT2D eigenvalue weighted by Gasteiger charge is -2.23. The molecular formula is C16H22N6O2. The highest BCUT2D eigenvalue weighted by Crippen LogP contribution is 2.13. The van der Waals surface area contributed by atoms with Gasteiger partial charge in [-0.3, -0.25) is 0 Å². The minimum absolute atomic E-state index is 0.233. The molecule has 0 amide bonds. The number of aromatic nitrogens is 1. The molecular weight excluding hydrogens is 308 g/mol. The van der Waals surface area contributed by atoms with Crippen molar-refractivity contribution in [3.63, 3.8) is 0 Å². The molecule has 1 atom stereocenters. The Morgan fingerprint density at radius 2 is 2.00 bits per heavy atom. The predicted molar refractivity (Wildman–Crippen MR) is 91.3 cm³/mol. The number of ether oxygens (including phenoxy) is 2. The Balaban J connectivity index is 2.16. The molecule has 0 spiro atoms. The van der Waals surface area contributed by atoms with Gasteiger partial charge in [0.1, 0.15) is 11.5 Å². The third-order valence-corrected chi connectivity index (χ3v) is 3.39. The highest BCUT2D eigenvalue weighted by atomic mass is 16.5. The van der Waals surface area contributed by atoms with Gasteiger partial charge in [0, 0.05) is 38.6 Å². The van der Waals surface area contributed by atoms with Crippen LogP contribution in [0.2, 0.25) is 0 Å². The maximum Gasteiger partial charge on any atom is 0.170 e. The SMILES string of the molecule is COC1=CC(N=N/C(C)=N/N=c2\cc(OC)ccn2C)N(C)C=C1. The van der Waals surface area contributed by atoms with Crippen molar-refractivity contribution < 1.29 is 9.47 Å². The van der Waals surface area contributed by atoms with Crippen LogP contribution in [0.15, 0.2) is 62.9 Å². The number of azo groups is 1. The lowest BCUT2D eigenvalue weighted by atomic mass is 10.3. The fraction of sp³-hybridized carbons (Fsp3) is 0.375. The third-order valence-electron chi connectivity index (χ3n) is 3.39. The Morgan fingerprint density at radius 3 is 2.71 bits per heavy atom. The highest BCUT2D eigenvalue weighted by Gasteiger charge is 2.13. The summed E-state index contributed by atoms with van der Waals surface area (Å²) in [5.74, 6) is 1.92. The molecule has 1 aliphatic heterocycles. The Kier molecular flexibility index (Phi) is 5.89. The molecule has 1 unspecified atom stereocenters. The first kappa shape index (κ1) is 17.5. The Bertz CT molecular complexity index is 760. The summed E-state index contributed by atoms with van der Waals surface area (Å²) < 4.78 is 12.2. The minimum atomic E-state index is -0.233. The molecule has 8 nitrogen and oxygen atoms in total. The number of likely N-dealkylation sites (N-methyl/N-ethyl adjacent to an activating group) is 1. The molecule has 0 fully saturated rings. The molecule has 2 rings (SSSR count). The molecule has 0 bridgehead atoms. The standard InChI is InChI=1S/C16H22N6O2/c1-12(17-19-15-10-13(23-4)6-8-21(15)2)18-20-16-11-14(24-5)7-9-22(16)3/h6-11,15H,1-5H3/b18-12+,19-17?,20-16+. The van der Waals surface area contributed by atoms with E-state index in [1.54, 1.807) is 27.2 Å². The monoisotopic (exact) mass is 330 g/mol. The first-order chi connectivity index (χ1) is 11.5. The second-order valence-corrected chi connectivity index (χ2v) is 5.17. The second-order valence-electron chi connectivity index (χ2n) is 5.17. The molecule has 0 aliphatic carbocycles. The number of amidine groups is 1. The molecule has 2 heterocycles. The summed E-state index contributed by atoms with van der Waals surface area (Å²) in [5, 5.41) is 16.6. The lowest BCUT2D eigenvalue weighted by Crippen LogP contribution is -2.25. The number of allylic oxidation sites excluding steroid dienone is 1. The second kappa shape index (κ2) is 8.09. The van der Waals surface area contributed by atoms with Crippen molar-refractivity contribution in [3.8, 4) is 5.75 Å². The topological polar surface area (TPSA) is 76.1 Å². The summed E-state index contributed by atoms with van der Waals surface area (Å²) in [6.07, 6.45) is 7.24. The summed E-state index contributed by atoms with van der Waals surface area (Å²) in [6.45, 7) is 1.74. The maximum absolute atomic E-state index is 5.20. The predicted octanol–water partition coefficient (Wildman–Crippen LogP) is 2.04. The van der Waals surface area contributed by atoms with E-state index in [1.165, 1.54) is 0 Å². The lowest BCUT2D eigenvalue weighted by molar-refractivity contribution is 0.283. The third kappa shape index (κ3) is 4.55. The number of hydrogen-bond acceptors (Lipinski definition) is 6. The maximum atomic E-state index is 5.20. The van der Waals surface area contributed by atoms with Gasteiger partial charge in [-0.1, -0.05) is 0 Å². The van der Waals surface area contributed by atoms with Crippen LogP contribution in [-0.4, -0.2) is 42.7 Å². The Labute approximate surface area is 141 Å².